The van der Waals surface area contributed by atoms with Crippen LogP contribution in [0.1, 0.15) is 26.7 Å². The minimum Gasteiger partial charge on any atom is -1.00 e. The van der Waals surface area contributed by atoms with Gasteiger partial charge in [0.15, 0.2) is 5.16 Å². The van der Waals surface area contributed by atoms with Gasteiger partial charge < -0.3 is 12.4 Å². The largest absolute Gasteiger partial charge is 1.00 e. The van der Waals surface area contributed by atoms with Gasteiger partial charge in [-0.15, -0.1) is 0 Å². The Hall–Kier alpha value is -0.420. The molecule has 0 saturated heterocycles. The summed E-state index contributed by atoms with van der Waals surface area (Å²) in [6, 6.07) is 0. The maximum atomic E-state index is 12.0. The lowest BCUT2D eigenvalue weighted by Crippen LogP contribution is -3.00. The van der Waals surface area contributed by atoms with Crippen molar-refractivity contribution in [3.8, 4) is 0 Å². The zero-order valence-corrected chi connectivity index (χ0v) is 9.89. The van der Waals surface area contributed by atoms with Crippen LogP contribution in [-0.4, -0.2) is 12.0 Å². The Morgan fingerprint density at radius 1 is 1.27 bits per heavy atom. The molecular weight excluding hydrogens is 252 g/mol. The predicted molar refractivity (Wildman–Crippen MR) is 49.7 cm³/mol. The highest BCUT2D eigenvalue weighted by atomic mass is 35.5. The minimum absolute atomic E-state index is 0. The zero-order valence-electron chi connectivity index (χ0n) is 8.38. The van der Waals surface area contributed by atoms with Gasteiger partial charge in [-0.3, -0.25) is 5.73 Å². The standard InChI is InChI=1S/C8H12ClF3N2.ClH/c1-3-5(4-2)6(9)14-7(13)8(10,11)12;/h3-4H2,1-2H3,(H2,13,14);1H. The normalized spacial score (nSPS) is 12.0. The van der Waals surface area contributed by atoms with Crippen molar-refractivity contribution >= 4 is 17.4 Å². The van der Waals surface area contributed by atoms with Gasteiger partial charge in [0, 0.05) is 0 Å². The summed E-state index contributed by atoms with van der Waals surface area (Å²) in [5, 5.41) is -0.0372. The first-order valence-corrected chi connectivity index (χ1v) is 4.54. The second-order valence-electron chi connectivity index (χ2n) is 2.66. The number of alkyl halides is 3. The fourth-order valence-corrected chi connectivity index (χ4v) is 1.21. The fraction of sp³-hybridized carbons (Fsp3) is 0.625. The maximum absolute atomic E-state index is 12.0. The Labute approximate surface area is 97.8 Å². The lowest BCUT2D eigenvalue weighted by molar-refractivity contribution is -0.399. The van der Waals surface area contributed by atoms with E-state index in [0.29, 0.717) is 18.4 Å². The summed E-state index contributed by atoms with van der Waals surface area (Å²) in [5.74, 6) is -1.29. The molecule has 0 spiro atoms. The Bertz CT molecular complexity index is 253. The Morgan fingerprint density at radius 2 is 1.67 bits per heavy atom. The first-order chi connectivity index (χ1) is 6.32. The van der Waals surface area contributed by atoms with Crippen LogP contribution in [0.2, 0.25) is 0 Å². The molecule has 0 aliphatic heterocycles. The van der Waals surface area contributed by atoms with Crippen LogP contribution in [0, 0.1) is 0 Å². The van der Waals surface area contributed by atoms with E-state index < -0.39 is 12.0 Å². The highest BCUT2D eigenvalue weighted by molar-refractivity contribution is 6.28. The second kappa shape index (κ2) is 6.95. The molecule has 0 aliphatic rings. The van der Waals surface area contributed by atoms with Crippen molar-refractivity contribution in [1.29, 1.82) is 0 Å². The molecule has 7 heteroatoms. The van der Waals surface area contributed by atoms with Crippen LogP contribution in [0.4, 0.5) is 13.2 Å². The van der Waals surface area contributed by atoms with E-state index in [1.807, 2.05) is 18.8 Å². The lowest BCUT2D eigenvalue weighted by Gasteiger charge is -2.02. The summed E-state index contributed by atoms with van der Waals surface area (Å²) < 4.78 is 35.9. The third kappa shape index (κ3) is 5.89. The van der Waals surface area contributed by atoms with Gasteiger partial charge in [-0.2, -0.15) is 13.2 Å². The molecule has 0 atom stereocenters. The van der Waals surface area contributed by atoms with Crippen molar-refractivity contribution in [2.45, 2.75) is 32.9 Å². The van der Waals surface area contributed by atoms with Gasteiger partial charge in [0.25, 0.3) is 0 Å². The van der Waals surface area contributed by atoms with E-state index in [1.165, 1.54) is 0 Å². The van der Waals surface area contributed by atoms with Crippen molar-refractivity contribution in [2.24, 2.45) is 5.73 Å². The highest BCUT2D eigenvalue weighted by Crippen LogP contribution is 2.13. The predicted octanol–water partition coefficient (Wildman–Crippen LogP) is -1.74. The number of allylic oxidation sites excluding steroid dienone is 1. The monoisotopic (exact) mass is 264 g/mol. The number of halogens is 5. The van der Waals surface area contributed by atoms with E-state index in [1.54, 1.807) is 0 Å². The van der Waals surface area contributed by atoms with E-state index in [2.05, 4.69) is 0 Å². The number of nitrogens with one attached hydrogen (secondary N) is 1. The fourth-order valence-electron chi connectivity index (χ4n) is 0.838. The molecule has 15 heavy (non-hydrogen) atoms. The average Bonchev–Trinajstić information content (AvgIpc) is 2.04. The van der Waals surface area contributed by atoms with Crippen LogP contribution in [-0.2, 0) is 0 Å². The summed E-state index contributed by atoms with van der Waals surface area (Å²) in [4.78, 5) is 1.94. The smallest absolute Gasteiger partial charge is 0.494 e. The first-order valence-electron chi connectivity index (χ1n) is 4.17. The molecule has 0 amide bonds. The molecule has 90 valence electrons. The molecule has 0 aliphatic carbocycles. The average molecular weight is 265 g/mol. The first kappa shape index (κ1) is 17.0. The molecule has 0 saturated carbocycles. The van der Waals surface area contributed by atoms with Crippen molar-refractivity contribution in [3.05, 3.63) is 10.7 Å². The highest BCUT2D eigenvalue weighted by Gasteiger charge is 2.39. The van der Waals surface area contributed by atoms with E-state index in [-0.39, 0.29) is 17.6 Å². The zero-order chi connectivity index (χ0) is 11.4. The summed E-state index contributed by atoms with van der Waals surface area (Å²) in [6.07, 6.45) is -3.38. The van der Waals surface area contributed by atoms with Gasteiger partial charge in [-0.25, -0.2) is 4.99 Å². The Balaban J connectivity index is 0. The van der Waals surface area contributed by atoms with Crippen molar-refractivity contribution in [3.63, 3.8) is 0 Å². The topological polar surface area (TPSA) is 40.0 Å². The summed E-state index contributed by atoms with van der Waals surface area (Å²) in [5.41, 5.74) is 5.47. The van der Waals surface area contributed by atoms with Gasteiger partial charge in [0.1, 0.15) is 0 Å². The molecule has 0 aromatic heterocycles. The lowest BCUT2D eigenvalue weighted by atomic mass is 10.2. The van der Waals surface area contributed by atoms with Crippen LogP contribution in [0.5, 0.6) is 0 Å². The molecule has 0 aromatic carbocycles. The van der Waals surface area contributed by atoms with Crippen LogP contribution in [0.25, 0.3) is 0 Å². The van der Waals surface area contributed by atoms with Crippen LogP contribution in [0.3, 0.4) is 0 Å². The third-order valence-electron chi connectivity index (χ3n) is 1.71. The number of hydrogen-bond donors (Lipinski definition) is 2. The molecule has 0 unspecified atom stereocenters. The van der Waals surface area contributed by atoms with E-state index >= 15 is 0 Å². The number of nitrogens with two attached hydrogens (primary N) is 1. The maximum Gasteiger partial charge on any atom is 0.494 e. The summed E-state index contributed by atoms with van der Waals surface area (Å²) >= 11 is 5.62. The van der Waals surface area contributed by atoms with Crippen LogP contribution < -0.4 is 23.1 Å². The SMILES string of the molecule is CCC(CC)=C(Cl)/[NH+]=C(/N)C(F)(F)F.[Cl-]. The van der Waals surface area contributed by atoms with E-state index in [4.69, 9.17) is 17.3 Å². The van der Waals surface area contributed by atoms with Crippen molar-refractivity contribution in [1.82, 2.24) is 0 Å². The van der Waals surface area contributed by atoms with E-state index in [9.17, 15) is 13.2 Å². The summed E-state index contributed by atoms with van der Waals surface area (Å²) in [6.45, 7) is 3.62. The minimum atomic E-state index is -4.56. The molecule has 0 rings (SSSR count). The quantitative estimate of drug-likeness (QED) is 0.355. The molecule has 2 nitrogen and oxygen atoms in total. The molecule has 0 fully saturated rings. The summed E-state index contributed by atoms with van der Waals surface area (Å²) in [7, 11) is 0. The number of rotatable bonds is 3. The van der Waals surface area contributed by atoms with Gasteiger partial charge in [0.05, 0.1) is 0 Å². The Kier molecular flexibility index (Phi) is 7.88. The molecule has 3 N–H and O–H groups in total. The molecular formula is C8H13Cl2F3N2. The molecule has 0 bridgehead atoms. The van der Waals surface area contributed by atoms with Crippen molar-refractivity contribution in [2.75, 3.05) is 0 Å². The van der Waals surface area contributed by atoms with Crippen molar-refractivity contribution < 1.29 is 30.6 Å². The number of amidine groups is 1. The van der Waals surface area contributed by atoms with E-state index in [0.717, 1.165) is 0 Å². The molecule has 0 aromatic rings. The molecule has 0 heterocycles. The van der Waals surface area contributed by atoms with Gasteiger partial charge in [0.2, 0.25) is 0 Å². The van der Waals surface area contributed by atoms with Crippen LogP contribution in [0.15, 0.2) is 10.7 Å². The number of hydrogen-bond acceptors (Lipinski definition) is 0. The molecule has 0 radical (unpaired) electrons. The van der Waals surface area contributed by atoms with Gasteiger partial charge >= 0.3 is 12.0 Å². The second-order valence-corrected chi connectivity index (χ2v) is 3.04. The Morgan fingerprint density at radius 3 is 1.93 bits per heavy atom. The van der Waals surface area contributed by atoms with Crippen LogP contribution >= 0.6 is 11.6 Å². The van der Waals surface area contributed by atoms with Gasteiger partial charge in [-0.05, 0) is 30.0 Å². The van der Waals surface area contributed by atoms with Gasteiger partial charge in [-0.1, -0.05) is 13.8 Å². The third-order valence-corrected chi connectivity index (χ3v) is 2.08.